The molecule has 2 amide bonds. The number of rotatable bonds is 5. The van der Waals surface area contributed by atoms with E-state index in [1.807, 2.05) is 42.5 Å². The molecule has 1 N–H and O–H groups in total. The highest BCUT2D eigenvalue weighted by Gasteiger charge is 2.48. The zero-order chi connectivity index (χ0) is 18.1. The number of nitrogens with zero attached hydrogens (tertiary/aromatic N) is 1. The van der Waals surface area contributed by atoms with Crippen LogP contribution in [0.1, 0.15) is 25.7 Å². The van der Waals surface area contributed by atoms with Crippen molar-refractivity contribution in [1.82, 2.24) is 4.90 Å². The van der Waals surface area contributed by atoms with Crippen molar-refractivity contribution >= 4 is 22.6 Å². The molecule has 1 saturated carbocycles. The number of carbonyl (C=O) groups excluding carboxylic acids is 2. The van der Waals surface area contributed by atoms with E-state index in [9.17, 15) is 14.7 Å². The summed E-state index contributed by atoms with van der Waals surface area (Å²) in [6, 6.07) is 13.6. The Morgan fingerprint density at radius 1 is 1.00 bits per heavy atom. The molecule has 1 aliphatic heterocycles. The lowest BCUT2D eigenvalue weighted by molar-refractivity contribution is -0.141. The van der Waals surface area contributed by atoms with E-state index in [-0.39, 0.29) is 36.8 Å². The van der Waals surface area contributed by atoms with Gasteiger partial charge in [-0.3, -0.25) is 14.5 Å². The average Bonchev–Trinajstić information content (AvgIpc) is 2.91. The lowest BCUT2D eigenvalue weighted by Gasteiger charge is -2.20. The van der Waals surface area contributed by atoms with Crippen molar-refractivity contribution in [3.8, 4) is 5.75 Å². The summed E-state index contributed by atoms with van der Waals surface area (Å²) in [7, 11) is 0. The first-order chi connectivity index (χ1) is 12.6. The Morgan fingerprint density at radius 2 is 1.65 bits per heavy atom. The Hall–Kier alpha value is -2.40. The lowest BCUT2D eigenvalue weighted by atomic mass is 9.81. The van der Waals surface area contributed by atoms with E-state index in [1.54, 1.807) is 0 Å². The fourth-order valence-corrected chi connectivity index (χ4v) is 4.18. The highest BCUT2D eigenvalue weighted by Crippen LogP contribution is 2.38. The molecular formula is C21H23NO4. The molecule has 26 heavy (non-hydrogen) atoms. The van der Waals surface area contributed by atoms with Crippen LogP contribution in [-0.2, 0) is 9.59 Å². The molecule has 0 unspecified atom stereocenters. The van der Waals surface area contributed by atoms with Gasteiger partial charge in [-0.15, -0.1) is 0 Å². The van der Waals surface area contributed by atoms with E-state index in [0.29, 0.717) is 5.75 Å². The Balaban J connectivity index is 1.40. The van der Waals surface area contributed by atoms with Gasteiger partial charge in [-0.05, 0) is 24.3 Å². The van der Waals surface area contributed by atoms with Gasteiger partial charge in [0.25, 0.3) is 0 Å². The second-order valence-electron chi connectivity index (χ2n) is 7.23. The zero-order valence-electron chi connectivity index (χ0n) is 14.6. The van der Waals surface area contributed by atoms with Crippen molar-refractivity contribution in [2.24, 2.45) is 11.8 Å². The molecule has 3 atom stereocenters. The van der Waals surface area contributed by atoms with Crippen molar-refractivity contribution in [3.05, 3.63) is 42.5 Å². The van der Waals surface area contributed by atoms with Crippen LogP contribution in [0, 0.1) is 11.8 Å². The SMILES string of the molecule is O=C1[C@@H]2CCCC[C@H]2C(=O)N1C[C@H](O)COc1cccc2ccccc12. The van der Waals surface area contributed by atoms with Crippen LogP contribution >= 0.6 is 0 Å². The van der Waals surface area contributed by atoms with Gasteiger partial charge in [0.05, 0.1) is 18.4 Å². The molecule has 2 aliphatic rings. The number of imide groups is 1. The zero-order valence-corrected chi connectivity index (χ0v) is 14.6. The van der Waals surface area contributed by atoms with Gasteiger partial charge in [-0.25, -0.2) is 0 Å². The Bertz CT molecular complexity index is 804. The van der Waals surface area contributed by atoms with E-state index in [0.717, 1.165) is 36.5 Å². The molecule has 2 aromatic rings. The molecule has 1 aliphatic carbocycles. The molecule has 0 aromatic heterocycles. The number of ether oxygens (including phenoxy) is 1. The Labute approximate surface area is 152 Å². The normalized spacial score (nSPS) is 24.0. The second kappa shape index (κ2) is 7.08. The molecule has 1 saturated heterocycles. The predicted molar refractivity (Wildman–Crippen MR) is 97.6 cm³/mol. The standard InChI is InChI=1S/C21H23NO4/c23-15(12-22-20(24)17-9-3-4-10-18(17)21(22)25)13-26-19-11-5-7-14-6-1-2-8-16(14)19/h1-2,5-8,11,15,17-18,23H,3-4,9-10,12-13H2/t15-,17+,18+/m0/s1. The van der Waals surface area contributed by atoms with E-state index < -0.39 is 6.10 Å². The van der Waals surface area contributed by atoms with Gasteiger partial charge in [0.15, 0.2) is 0 Å². The first-order valence-corrected chi connectivity index (χ1v) is 9.29. The van der Waals surface area contributed by atoms with Crippen LogP contribution in [0.15, 0.2) is 42.5 Å². The number of β-amino-alcohol motifs (C(OH)–C–C–N with tert-alkyl or cyclic N) is 1. The van der Waals surface area contributed by atoms with Gasteiger partial charge < -0.3 is 9.84 Å². The number of fused-ring (bicyclic) bond motifs is 2. The number of benzene rings is 2. The van der Waals surface area contributed by atoms with Gasteiger partial charge in [0.1, 0.15) is 18.5 Å². The van der Waals surface area contributed by atoms with E-state index in [4.69, 9.17) is 4.74 Å². The van der Waals surface area contributed by atoms with Gasteiger partial charge in [-0.2, -0.15) is 0 Å². The fraction of sp³-hybridized carbons (Fsp3) is 0.429. The van der Waals surface area contributed by atoms with E-state index in [1.165, 1.54) is 4.90 Å². The molecule has 0 spiro atoms. The van der Waals surface area contributed by atoms with Crippen LogP contribution < -0.4 is 4.74 Å². The number of aliphatic hydroxyl groups is 1. The highest BCUT2D eigenvalue weighted by molar-refractivity contribution is 6.05. The average molecular weight is 353 g/mol. The third kappa shape index (κ3) is 3.07. The number of likely N-dealkylation sites (tertiary alicyclic amines) is 1. The second-order valence-corrected chi connectivity index (χ2v) is 7.23. The number of carbonyl (C=O) groups is 2. The topological polar surface area (TPSA) is 66.8 Å². The van der Waals surface area contributed by atoms with Gasteiger partial charge in [0.2, 0.25) is 11.8 Å². The molecule has 136 valence electrons. The van der Waals surface area contributed by atoms with Crippen molar-refractivity contribution in [2.45, 2.75) is 31.8 Å². The first kappa shape index (κ1) is 17.0. The number of amides is 2. The van der Waals surface area contributed by atoms with Crippen LogP contribution in [-0.4, -0.2) is 41.1 Å². The lowest BCUT2D eigenvalue weighted by Crippen LogP contribution is -2.40. The van der Waals surface area contributed by atoms with Gasteiger partial charge in [-0.1, -0.05) is 49.2 Å². The molecule has 5 heteroatoms. The van der Waals surface area contributed by atoms with Gasteiger partial charge in [0, 0.05) is 5.39 Å². The molecule has 1 heterocycles. The quantitative estimate of drug-likeness (QED) is 0.840. The third-order valence-corrected chi connectivity index (χ3v) is 5.51. The minimum atomic E-state index is -0.901. The molecule has 5 nitrogen and oxygen atoms in total. The third-order valence-electron chi connectivity index (χ3n) is 5.51. The number of hydrogen-bond acceptors (Lipinski definition) is 4. The highest BCUT2D eigenvalue weighted by atomic mass is 16.5. The van der Waals surface area contributed by atoms with Crippen LogP contribution in [0.25, 0.3) is 10.8 Å². The molecule has 0 bridgehead atoms. The molecule has 2 fully saturated rings. The molecule has 4 rings (SSSR count). The maximum Gasteiger partial charge on any atom is 0.233 e. The summed E-state index contributed by atoms with van der Waals surface area (Å²) < 4.78 is 5.78. The summed E-state index contributed by atoms with van der Waals surface area (Å²) in [4.78, 5) is 26.2. The fourth-order valence-electron chi connectivity index (χ4n) is 4.18. The Kier molecular flexibility index (Phi) is 4.64. The first-order valence-electron chi connectivity index (χ1n) is 9.29. The van der Waals surface area contributed by atoms with Crippen LogP contribution in [0.2, 0.25) is 0 Å². The van der Waals surface area contributed by atoms with Crippen molar-refractivity contribution in [3.63, 3.8) is 0 Å². The minimum Gasteiger partial charge on any atom is -0.490 e. The monoisotopic (exact) mass is 353 g/mol. The van der Waals surface area contributed by atoms with E-state index >= 15 is 0 Å². The summed E-state index contributed by atoms with van der Waals surface area (Å²) in [5.41, 5.74) is 0. The number of hydrogen-bond donors (Lipinski definition) is 1. The van der Waals surface area contributed by atoms with Crippen LogP contribution in [0.3, 0.4) is 0 Å². The van der Waals surface area contributed by atoms with Crippen molar-refractivity contribution in [2.75, 3.05) is 13.2 Å². The largest absolute Gasteiger partial charge is 0.490 e. The van der Waals surface area contributed by atoms with Crippen molar-refractivity contribution in [1.29, 1.82) is 0 Å². The smallest absolute Gasteiger partial charge is 0.233 e. The Morgan fingerprint density at radius 3 is 2.38 bits per heavy atom. The van der Waals surface area contributed by atoms with Crippen molar-refractivity contribution < 1.29 is 19.4 Å². The van der Waals surface area contributed by atoms with Crippen LogP contribution in [0.4, 0.5) is 0 Å². The summed E-state index contributed by atoms with van der Waals surface area (Å²) in [6.45, 7) is 0.0514. The minimum absolute atomic E-state index is 0.00936. The summed E-state index contributed by atoms with van der Waals surface area (Å²) >= 11 is 0. The molecule has 2 aromatic carbocycles. The summed E-state index contributed by atoms with van der Waals surface area (Å²) in [5.74, 6) is 0.0904. The van der Waals surface area contributed by atoms with Gasteiger partial charge >= 0.3 is 0 Å². The molecular weight excluding hydrogens is 330 g/mol. The number of aliphatic hydroxyl groups excluding tert-OH is 1. The predicted octanol–water partition coefficient (Wildman–Crippen LogP) is 2.75. The maximum atomic E-state index is 12.5. The summed E-state index contributed by atoms with van der Waals surface area (Å²) in [6.07, 6.45) is 2.67. The summed E-state index contributed by atoms with van der Waals surface area (Å²) in [5, 5.41) is 12.4. The van der Waals surface area contributed by atoms with E-state index in [2.05, 4.69) is 0 Å². The maximum absolute atomic E-state index is 12.5. The van der Waals surface area contributed by atoms with Crippen LogP contribution in [0.5, 0.6) is 5.75 Å². The molecule has 0 radical (unpaired) electrons.